The second-order valence-corrected chi connectivity index (χ2v) is 6.14. The highest BCUT2D eigenvalue weighted by molar-refractivity contribution is 6.31. The number of hydrogen-bond acceptors (Lipinski definition) is 3. The molecule has 2 rings (SSSR count). The first-order chi connectivity index (χ1) is 10.1. The number of carbonyl (C=O) groups excluding carboxylic acids is 1. The van der Waals surface area contributed by atoms with Gasteiger partial charge in [0.25, 0.3) is 5.91 Å². The van der Waals surface area contributed by atoms with Gasteiger partial charge in [0.05, 0.1) is 0 Å². The molecule has 0 spiro atoms. The van der Waals surface area contributed by atoms with E-state index in [1.54, 1.807) is 0 Å². The van der Waals surface area contributed by atoms with Crippen LogP contribution in [-0.4, -0.2) is 24.6 Å². The van der Waals surface area contributed by atoms with E-state index in [9.17, 15) is 4.79 Å². The molecule has 1 aromatic carbocycles. The van der Waals surface area contributed by atoms with Crippen molar-refractivity contribution < 1.29 is 9.53 Å². The second kappa shape index (κ2) is 7.66. The summed E-state index contributed by atoms with van der Waals surface area (Å²) in [6.45, 7) is 1.93. The topological polar surface area (TPSA) is 64.3 Å². The van der Waals surface area contributed by atoms with Gasteiger partial charge in [-0.3, -0.25) is 4.79 Å². The fourth-order valence-electron chi connectivity index (χ4n) is 2.68. The molecule has 0 aliphatic heterocycles. The van der Waals surface area contributed by atoms with Gasteiger partial charge < -0.3 is 15.8 Å². The molecule has 1 unspecified atom stereocenters. The van der Waals surface area contributed by atoms with Crippen LogP contribution < -0.4 is 15.8 Å². The van der Waals surface area contributed by atoms with Gasteiger partial charge >= 0.3 is 0 Å². The van der Waals surface area contributed by atoms with E-state index in [1.165, 1.54) is 12.8 Å². The van der Waals surface area contributed by atoms with Crippen LogP contribution in [0, 0.1) is 0 Å². The molecule has 5 heteroatoms. The van der Waals surface area contributed by atoms with E-state index in [0.29, 0.717) is 23.2 Å². The minimum absolute atomic E-state index is 0.0143. The summed E-state index contributed by atoms with van der Waals surface area (Å²) in [5.41, 5.74) is 6.70. The Balaban J connectivity index is 1.92. The van der Waals surface area contributed by atoms with Crippen molar-refractivity contribution in [2.45, 2.75) is 51.1 Å². The zero-order valence-electron chi connectivity index (χ0n) is 12.4. The van der Waals surface area contributed by atoms with Gasteiger partial charge in [-0.15, -0.1) is 0 Å². The second-order valence-electron chi connectivity index (χ2n) is 5.74. The minimum atomic E-state index is -0.0753. The first-order valence-electron chi connectivity index (χ1n) is 7.51. The maximum absolute atomic E-state index is 11.9. The van der Waals surface area contributed by atoms with E-state index >= 15 is 0 Å². The Morgan fingerprint density at radius 2 is 2.19 bits per heavy atom. The van der Waals surface area contributed by atoms with Crippen molar-refractivity contribution in [2.24, 2.45) is 5.73 Å². The molecule has 0 saturated heterocycles. The maximum atomic E-state index is 11.9. The number of amides is 1. The van der Waals surface area contributed by atoms with E-state index in [0.717, 1.165) is 18.4 Å². The molecule has 3 N–H and O–H groups in total. The van der Waals surface area contributed by atoms with Crippen LogP contribution in [0.4, 0.5) is 0 Å². The Kier molecular flexibility index (Phi) is 5.88. The molecule has 0 bridgehead atoms. The van der Waals surface area contributed by atoms with E-state index < -0.39 is 0 Å². The molecule has 4 nitrogen and oxygen atoms in total. The van der Waals surface area contributed by atoms with Crippen LogP contribution in [0.25, 0.3) is 0 Å². The van der Waals surface area contributed by atoms with Crippen molar-refractivity contribution in [2.75, 3.05) is 6.61 Å². The van der Waals surface area contributed by atoms with Crippen molar-refractivity contribution in [1.82, 2.24) is 5.32 Å². The SMILES string of the molecule is CC(N)Cc1c(Cl)cccc1OCC(=O)NC1CCCC1. The fraction of sp³-hybridized carbons (Fsp3) is 0.562. The quantitative estimate of drug-likeness (QED) is 0.849. The fourth-order valence-corrected chi connectivity index (χ4v) is 2.92. The third-order valence-electron chi connectivity index (χ3n) is 3.68. The highest BCUT2D eigenvalue weighted by Gasteiger charge is 2.18. The third-order valence-corrected chi connectivity index (χ3v) is 4.04. The van der Waals surface area contributed by atoms with Gasteiger partial charge in [0.1, 0.15) is 5.75 Å². The molecule has 0 radical (unpaired) electrons. The lowest BCUT2D eigenvalue weighted by Crippen LogP contribution is -2.36. The van der Waals surface area contributed by atoms with Crippen LogP contribution >= 0.6 is 11.6 Å². The van der Waals surface area contributed by atoms with Crippen molar-refractivity contribution >= 4 is 17.5 Å². The molecule has 0 heterocycles. The van der Waals surface area contributed by atoms with E-state index in [-0.39, 0.29) is 18.6 Å². The molecule has 1 fully saturated rings. The van der Waals surface area contributed by atoms with Gasteiger partial charge in [0.2, 0.25) is 0 Å². The van der Waals surface area contributed by atoms with Crippen molar-refractivity contribution in [1.29, 1.82) is 0 Å². The number of benzene rings is 1. The first kappa shape index (κ1) is 16.1. The summed E-state index contributed by atoms with van der Waals surface area (Å²) < 4.78 is 5.64. The van der Waals surface area contributed by atoms with Crippen LogP contribution in [0.1, 0.15) is 38.2 Å². The number of ether oxygens (including phenoxy) is 1. The number of rotatable bonds is 6. The Bertz CT molecular complexity index is 485. The summed E-state index contributed by atoms with van der Waals surface area (Å²) in [4.78, 5) is 11.9. The number of nitrogens with two attached hydrogens (primary N) is 1. The number of hydrogen-bond donors (Lipinski definition) is 2. The van der Waals surface area contributed by atoms with E-state index in [1.807, 2.05) is 25.1 Å². The average Bonchev–Trinajstić information content (AvgIpc) is 2.92. The Labute approximate surface area is 131 Å². The zero-order chi connectivity index (χ0) is 15.2. The van der Waals surface area contributed by atoms with Crippen LogP contribution in [-0.2, 0) is 11.2 Å². The summed E-state index contributed by atoms with van der Waals surface area (Å²) in [6.07, 6.45) is 5.15. The zero-order valence-corrected chi connectivity index (χ0v) is 13.2. The van der Waals surface area contributed by atoms with Gasteiger partial charge in [0.15, 0.2) is 6.61 Å². The van der Waals surface area contributed by atoms with Crippen LogP contribution in [0.5, 0.6) is 5.75 Å². The van der Waals surface area contributed by atoms with Crippen molar-refractivity contribution in [3.63, 3.8) is 0 Å². The number of carbonyl (C=O) groups is 1. The summed E-state index contributed by atoms with van der Waals surface area (Å²) in [5, 5.41) is 3.63. The first-order valence-corrected chi connectivity index (χ1v) is 7.89. The summed E-state index contributed by atoms with van der Waals surface area (Å²) in [6, 6.07) is 5.75. The average molecular weight is 311 g/mol. The molecule has 1 atom stereocenters. The standard InChI is InChI=1S/C16H23ClN2O2/c1-11(18)9-13-14(17)7-4-8-15(13)21-10-16(20)19-12-5-2-3-6-12/h4,7-8,11-12H,2-3,5-6,9-10,18H2,1H3,(H,19,20). The lowest BCUT2D eigenvalue weighted by Gasteiger charge is -2.16. The van der Waals surface area contributed by atoms with E-state index in [4.69, 9.17) is 22.1 Å². The van der Waals surface area contributed by atoms with Gasteiger partial charge in [0, 0.05) is 22.7 Å². The molecule has 21 heavy (non-hydrogen) atoms. The predicted octanol–water partition coefficient (Wildman–Crippen LogP) is 2.67. The third kappa shape index (κ3) is 4.90. The lowest BCUT2D eigenvalue weighted by molar-refractivity contribution is -0.123. The largest absolute Gasteiger partial charge is 0.483 e. The van der Waals surface area contributed by atoms with Gasteiger partial charge in [-0.1, -0.05) is 30.5 Å². The molecule has 116 valence electrons. The predicted molar refractivity (Wildman–Crippen MR) is 84.7 cm³/mol. The van der Waals surface area contributed by atoms with Gasteiger partial charge in [-0.2, -0.15) is 0 Å². The molecule has 1 aliphatic carbocycles. The number of halogens is 1. The van der Waals surface area contributed by atoms with E-state index in [2.05, 4.69) is 5.32 Å². The summed E-state index contributed by atoms with van der Waals surface area (Å²) >= 11 is 6.19. The molecule has 1 saturated carbocycles. The highest BCUT2D eigenvalue weighted by atomic mass is 35.5. The van der Waals surface area contributed by atoms with Gasteiger partial charge in [-0.05, 0) is 38.3 Å². The smallest absolute Gasteiger partial charge is 0.258 e. The molecule has 0 aromatic heterocycles. The molecular weight excluding hydrogens is 288 g/mol. The van der Waals surface area contributed by atoms with Gasteiger partial charge in [-0.25, -0.2) is 0 Å². The molecular formula is C16H23ClN2O2. The number of nitrogens with one attached hydrogen (secondary N) is 1. The molecule has 1 amide bonds. The molecule has 1 aromatic rings. The van der Waals surface area contributed by atoms with Crippen LogP contribution in [0.15, 0.2) is 18.2 Å². The van der Waals surface area contributed by atoms with Crippen molar-refractivity contribution in [3.8, 4) is 5.75 Å². The Morgan fingerprint density at radius 1 is 1.48 bits per heavy atom. The van der Waals surface area contributed by atoms with Crippen LogP contribution in [0.3, 0.4) is 0 Å². The monoisotopic (exact) mass is 310 g/mol. The van der Waals surface area contributed by atoms with Crippen molar-refractivity contribution in [3.05, 3.63) is 28.8 Å². The lowest BCUT2D eigenvalue weighted by atomic mass is 10.1. The molecule has 1 aliphatic rings. The minimum Gasteiger partial charge on any atom is -0.483 e. The maximum Gasteiger partial charge on any atom is 0.258 e. The van der Waals surface area contributed by atoms with Crippen LogP contribution in [0.2, 0.25) is 5.02 Å². The summed E-state index contributed by atoms with van der Waals surface area (Å²) in [5.74, 6) is 0.565. The Hall–Kier alpha value is -1.26. The summed E-state index contributed by atoms with van der Waals surface area (Å²) in [7, 11) is 0. The highest BCUT2D eigenvalue weighted by Crippen LogP contribution is 2.27. The normalized spacial score (nSPS) is 16.7. The Morgan fingerprint density at radius 3 is 2.86 bits per heavy atom.